The molecule has 0 aromatic heterocycles. The van der Waals surface area contributed by atoms with Crippen LogP contribution in [-0.4, -0.2) is 36.4 Å². The summed E-state index contributed by atoms with van der Waals surface area (Å²) in [6.07, 6.45) is 30.7. The van der Waals surface area contributed by atoms with Gasteiger partial charge in [0.05, 0.1) is 6.61 Å². The van der Waals surface area contributed by atoms with Gasteiger partial charge in [0.25, 0.3) is 0 Å². The molecule has 0 saturated carbocycles. The molecule has 0 radical (unpaired) electrons. The zero-order valence-corrected chi connectivity index (χ0v) is 22.8. The van der Waals surface area contributed by atoms with Crippen LogP contribution in [0.3, 0.4) is 0 Å². The largest absolute Gasteiger partial charge is 0.462 e. The number of allylic oxidation sites excluding steroid dienone is 7. The van der Waals surface area contributed by atoms with Crippen molar-refractivity contribution in [3.63, 3.8) is 0 Å². The van der Waals surface area contributed by atoms with Crippen molar-refractivity contribution in [2.75, 3.05) is 13.2 Å². The molecule has 0 aliphatic rings. The van der Waals surface area contributed by atoms with Gasteiger partial charge in [-0.2, -0.15) is 0 Å². The van der Waals surface area contributed by atoms with Crippen molar-refractivity contribution < 1.29 is 24.2 Å². The molecule has 1 unspecified atom stereocenters. The SMILES string of the molecule is C=CCCCCCCCC(=O)OCC(CO)OC(=O)CCCCCCC/C=C\C/C=C\C/C=C\CC. The van der Waals surface area contributed by atoms with Crippen LogP contribution in [0.5, 0.6) is 0 Å². The van der Waals surface area contributed by atoms with Gasteiger partial charge in [-0.25, -0.2) is 0 Å². The lowest BCUT2D eigenvalue weighted by Crippen LogP contribution is -2.28. The van der Waals surface area contributed by atoms with Gasteiger partial charge in [-0.1, -0.05) is 88.0 Å². The molecule has 0 spiro atoms. The monoisotopic (exact) mass is 504 g/mol. The van der Waals surface area contributed by atoms with Gasteiger partial charge in [0, 0.05) is 12.8 Å². The maximum absolute atomic E-state index is 12.0. The van der Waals surface area contributed by atoms with Gasteiger partial charge in [-0.15, -0.1) is 6.58 Å². The zero-order valence-electron chi connectivity index (χ0n) is 22.8. The van der Waals surface area contributed by atoms with Gasteiger partial charge in [-0.05, 0) is 57.8 Å². The van der Waals surface area contributed by atoms with E-state index in [2.05, 4.69) is 50.0 Å². The Hall–Kier alpha value is -2.14. The predicted octanol–water partition coefficient (Wildman–Crippen LogP) is 7.94. The van der Waals surface area contributed by atoms with Crippen LogP contribution in [0.1, 0.15) is 116 Å². The Morgan fingerprint density at radius 2 is 1.25 bits per heavy atom. The lowest BCUT2D eigenvalue weighted by atomic mass is 10.1. The Balaban J connectivity index is 3.66. The van der Waals surface area contributed by atoms with E-state index in [4.69, 9.17) is 9.47 Å². The van der Waals surface area contributed by atoms with E-state index in [1.165, 1.54) is 0 Å². The first kappa shape index (κ1) is 33.9. The second-order valence-electron chi connectivity index (χ2n) is 9.17. The molecular weight excluding hydrogens is 452 g/mol. The highest BCUT2D eigenvalue weighted by Crippen LogP contribution is 2.10. The fourth-order valence-electron chi connectivity index (χ4n) is 3.60. The number of carbonyl (C=O) groups excluding carboxylic acids is 2. The number of aliphatic hydroxyl groups is 1. The average Bonchev–Trinajstić information content (AvgIpc) is 2.88. The summed E-state index contributed by atoms with van der Waals surface area (Å²) in [7, 11) is 0. The van der Waals surface area contributed by atoms with Crippen LogP contribution in [0.25, 0.3) is 0 Å². The van der Waals surface area contributed by atoms with Gasteiger partial charge in [0.15, 0.2) is 6.10 Å². The smallest absolute Gasteiger partial charge is 0.306 e. The van der Waals surface area contributed by atoms with Crippen molar-refractivity contribution in [1.29, 1.82) is 0 Å². The van der Waals surface area contributed by atoms with Crippen molar-refractivity contribution in [2.45, 2.75) is 122 Å². The van der Waals surface area contributed by atoms with Crippen molar-refractivity contribution in [3.8, 4) is 0 Å². The molecule has 0 heterocycles. The molecule has 0 aliphatic heterocycles. The average molecular weight is 505 g/mol. The minimum absolute atomic E-state index is 0.0837. The van der Waals surface area contributed by atoms with E-state index in [1.807, 2.05) is 6.08 Å². The zero-order chi connectivity index (χ0) is 26.5. The van der Waals surface area contributed by atoms with Crippen molar-refractivity contribution in [1.82, 2.24) is 0 Å². The van der Waals surface area contributed by atoms with Gasteiger partial charge in [0.2, 0.25) is 0 Å². The Bertz CT molecular complexity index is 620. The standard InChI is InChI=1S/C31H52O5/c1-3-5-7-9-11-12-13-14-15-16-17-18-20-22-24-26-31(34)36-29(27-32)28-35-30(33)25-23-21-19-10-8-6-4-2/h4-5,7,11-12,14-15,29,32H,2-3,6,8-10,13,16-28H2,1H3/b7-5-,12-11-,15-14-. The Labute approximate surface area is 220 Å². The van der Waals surface area contributed by atoms with Gasteiger partial charge in [0.1, 0.15) is 6.61 Å². The summed E-state index contributed by atoms with van der Waals surface area (Å²) in [4.78, 5) is 23.9. The summed E-state index contributed by atoms with van der Waals surface area (Å²) in [5, 5.41) is 9.42. The quantitative estimate of drug-likeness (QED) is 0.0776. The fraction of sp³-hybridized carbons (Fsp3) is 0.677. The van der Waals surface area contributed by atoms with E-state index >= 15 is 0 Å². The molecule has 0 amide bonds. The summed E-state index contributed by atoms with van der Waals surface area (Å²) in [6, 6.07) is 0. The molecule has 5 nitrogen and oxygen atoms in total. The first-order valence-electron chi connectivity index (χ1n) is 14.2. The molecule has 0 saturated heterocycles. The minimum atomic E-state index is -0.783. The van der Waals surface area contributed by atoms with Gasteiger partial charge >= 0.3 is 11.9 Å². The number of hydrogen-bond acceptors (Lipinski definition) is 5. The third-order valence-corrected chi connectivity index (χ3v) is 5.75. The molecule has 0 rings (SSSR count). The minimum Gasteiger partial charge on any atom is -0.462 e. The van der Waals surface area contributed by atoms with Crippen LogP contribution in [0.15, 0.2) is 49.1 Å². The third-order valence-electron chi connectivity index (χ3n) is 5.75. The maximum atomic E-state index is 12.0. The molecule has 1 atom stereocenters. The Morgan fingerprint density at radius 3 is 1.86 bits per heavy atom. The first-order chi connectivity index (χ1) is 17.6. The molecular formula is C31H52O5. The number of ether oxygens (including phenoxy) is 2. The Morgan fingerprint density at radius 1 is 0.722 bits per heavy atom. The van der Waals surface area contributed by atoms with E-state index in [-0.39, 0.29) is 25.2 Å². The van der Waals surface area contributed by atoms with Crippen molar-refractivity contribution in [3.05, 3.63) is 49.1 Å². The van der Waals surface area contributed by atoms with E-state index in [0.29, 0.717) is 12.8 Å². The third kappa shape index (κ3) is 25.0. The summed E-state index contributed by atoms with van der Waals surface area (Å²) in [5.74, 6) is -0.646. The Kier molecular flexibility index (Phi) is 25.8. The molecule has 0 aliphatic carbocycles. The predicted molar refractivity (Wildman–Crippen MR) is 150 cm³/mol. The lowest BCUT2D eigenvalue weighted by molar-refractivity contribution is -0.161. The van der Waals surface area contributed by atoms with E-state index in [1.54, 1.807) is 0 Å². The molecule has 0 aromatic rings. The number of rotatable bonds is 25. The molecule has 0 bridgehead atoms. The number of unbranched alkanes of at least 4 members (excludes halogenated alkanes) is 10. The first-order valence-corrected chi connectivity index (χ1v) is 14.2. The number of aliphatic hydroxyl groups excluding tert-OH is 1. The van der Waals surface area contributed by atoms with Gasteiger partial charge < -0.3 is 14.6 Å². The fourth-order valence-corrected chi connectivity index (χ4v) is 3.60. The van der Waals surface area contributed by atoms with Crippen molar-refractivity contribution in [2.24, 2.45) is 0 Å². The second kappa shape index (κ2) is 27.4. The van der Waals surface area contributed by atoms with Crippen LogP contribution in [0, 0.1) is 0 Å². The molecule has 5 heteroatoms. The molecule has 36 heavy (non-hydrogen) atoms. The summed E-state index contributed by atoms with van der Waals surface area (Å²) in [5.41, 5.74) is 0. The number of esters is 2. The lowest BCUT2D eigenvalue weighted by Gasteiger charge is -2.15. The molecule has 206 valence electrons. The molecule has 1 N–H and O–H groups in total. The topological polar surface area (TPSA) is 72.8 Å². The normalized spacial score (nSPS) is 12.5. The van der Waals surface area contributed by atoms with E-state index in [0.717, 1.165) is 96.3 Å². The number of carbonyl (C=O) groups is 2. The van der Waals surface area contributed by atoms with Crippen molar-refractivity contribution >= 4 is 11.9 Å². The van der Waals surface area contributed by atoms with Crippen LogP contribution in [0.2, 0.25) is 0 Å². The van der Waals surface area contributed by atoms with Crippen LogP contribution < -0.4 is 0 Å². The van der Waals surface area contributed by atoms with Crippen LogP contribution >= 0.6 is 0 Å². The molecule has 0 fully saturated rings. The second-order valence-corrected chi connectivity index (χ2v) is 9.17. The van der Waals surface area contributed by atoms with Crippen LogP contribution in [0.4, 0.5) is 0 Å². The van der Waals surface area contributed by atoms with E-state index in [9.17, 15) is 14.7 Å². The summed E-state index contributed by atoms with van der Waals surface area (Å²) < 4.78 is 10.4. The van der Waals surface area contributed by atoms with E-state index < -0.39 is 6.10 Å². The van der Waals surface area contributed by atoms with Crippen LogP contribution in [-0.2, 0) is 19.1 Å². The number of hydrogen-bond donors (Lipinski definition) is 1. The maximum Gasteiger partial charge on any atom is 0.306 e. The molecule has 0 aromatic carbocycles. The highest BCUT2D eigenvalue weighted by molar-refractivity contribution is 5.70. The summed E-state index contributed by atoms with van der Waals surface area (Å²) in [6.45, 7) is 5.42. The highest BCUT2D eigenvalue weighted by atomic mass is 16.6. The van der Waals surface area contributed by atoms with Gasteiger partial charge in [-0.3, -0.25) is 9.59 Å². The summed E-state index contributed by atoms with van der Waals surface area (Å²) >= 11 is 0. The highest BCUT2D eigenvalue weighted by Gasteiger charge is 2.16.